The molecule has 1 unspecified atom stereocenters. The second kappa shape index (κ2) is 5.63. The zero-order chi connectivity index (χ0) is 14.9. The van der Waals surface area contributed by atoms with E-state index < -0.39 is 0 Å². The normalized spacial score (nSPS) is 12.9. The Morgan fingerprint density at radius 3 is 2.80 bits per heavy atom. The maximum absolute atomic E-state index is 12.2. The van der Waals surface area contributed by atoms with Crippen molar-refractivity contribution in [3.05, 3.63) is 35.2 Å². The van der Waals surface area contributed by atoms with Gasteiger partial charge in [-0.05, 0) is 52.6 Å². The highest BCUT2D eigenvalue weighted by atomic mass is 16.5. The van der Waals surface area contributed by atoms with Gasteiger partial charge in [-0.15, -0.1) is 0 Å². The molecule has 0 aliphatic rings. The molecule has 0 saturated carbocycles. The van der Waals surface area contributed by atoms with Gasteiger partial charge in [-0.25, -0.2) is 9.31 Å². The van der Waals surface area contributed by atoms with Crippen LogP contribution >= 0.6 is 0 Å². The van der Waals surface area contributed by atoms with Gasteiger partial charge in [0.05, 0.1) is 23.4 Å². The van der Waals surface area contributed by atoms with Gasteiger partial charge in [0.1, 0.15) is 0 Å². The summed E-state index contributed by atoms with van der Waals surface area (Å²) < 4.78 is 7.02. The van der Waals surface area contributed by atoms with Crippen LogP contribution in [0.4, 0.5) is 0 Å². The Labute approximate surface area is 119 Å². The van der Waals surface area contributed by atoms with Gasteiger partial charge < -0.3 is 9.64 Å². The van der Waals surface area contributed by atoms with Gasteiger partial charge >= 0.3 is 5.97 Å². The third-order valence-corrected chi connectivity index (χ3v) is 3.64. The Kier molecular flexibility index (Phi) is 4.09. The average Bonchev–Trinajstić information content (AvgIpc) is 2.70. The first-order valence-corrected chi connectivity index (χ1v) is 6.78. The lowest BCUT2D eigenvalue weighted by Crippen LogP contribution is -2.19. The molecule has 20 heavy (non-hydrogen) atoms. The van der Waals surface area contributed by atoms with E-state index in [1.54, 1.807) is 6.20 Å². The molecule has 0 radical (unpaired) electrons. The molecule has 2 aromatic rings. The summed E-state index contributed by atoms with van der Waals surface area (Å²) >= 11 is 0. The highest BCUT2D eigenvalue weighted by Crippen LogP contribution is 2.29. The fraction of sp³-hybridized carbons (Fsp3) is 0.467. The maximum Gasteiger partial charge on any atom is 0.340 e. The molecule has 108 valence electrons. The summed E-state index contributed by atoms with van der Waals surface area (Å²) in [5.74, 6) is -0.285. The lowest BCUT2D eigenvalue weighted by molar-refractivity contribution is 0.0528. The second-order valence-corrected chi connectivity index (χ2v) is 5.07. The number of aromatic nitrogens is 2. The van der Waals surface area contributed by atoms with Crippen LogP contribution in [-0.4, -0.2) is 41.2 Å². The number of carbonyl (C=O) groups is 1. The molecule has 0 aliphatic heterocycles. The molecule has 5 heteroatoms. The minimum absolute atomic E-state index is 0.153. The molecule has 0 saturated heterocycles. The van der Waals surface area contributed by atoms with Crippen LogP contribution in [0.15, 0.2) is 18.3 Å². The van der Waals surface area contributed by atoms with Gasteiger partial charge in [-0.2, -0.15) is 5.10 Å². The number of hydrogen-bond acceptors (Lipinski definition) is 4. The summed E-state index contributed by atoms with van der Waals surface area (Å²) in [6.07, 6.45) is 1.73. The third kappa shape index (κ3) is 2.29. The number of fused-ring (bicyclic) bond motifs is 1. The molecule has 1 atom stereocenters. The Morgan fingerprint density at radius 2 is 2.20 bits per heavy atom. The molecule has 0 aliphatic carbocycles. The van der Waals surface area contributed by atoms with E-state index >= 15 is 0 Å². The molecule has 2 heterocycles. The molecule has 0 aromatic carbocycles. The molecule has 0 amide bonds. The zero-order valence-electron chi connectivity index (χ0n) is 12.7. The lowest BCUT2D eigenvalue weighted by atomic mass is 10.1. The highest BCUT2D eigenvalue weighted by molar-refractivity contribution is 5.99. The Bertz CT molecular complexity index is 631. The van der Waals surface area contributed by atoms with Crippen LogP contribution < -0.4 is 0 Å². The molecule has 2 aromatic heterocycles. The zero-order valence-corrected chi connectivity index (χ0v) is 12.7. The summed E-state index contributed by atoms with van der Waals surface area (Å²) in [5.41, 5.74) is 3.37. The van der Waals surface area contributed by atoms with Crippen molar-refractivity contribution in [3.63, 3.8) is 0 Å². The highest BCUT2D eigenvalue weighted by Gasteiger charge is 2.25. The smallest absolute Gasteiger partial charge is 0.340 e. The Hall–Kier alpha value is -1.88. The molecule has 0 bridgehead atoms. The van der Waals surface area contributed by atoms with E-state index in [0.717, 1.165) is 16.8 Å². The fourth-order valence-electron chi connectivity index (χ4n) is 2.43. The van der Waals surface area contributed by atoms with Gasteiger partial charge in [0, 0.05) is 12.2 Å². The number of esters is 1. The van der Waals surface area contributed by atoms with Gasteiger partial charge in [0.25, 0.3) is 0 Å². The van der Waals surface area contributed by atoms with Gasteiger partial charge in [0.2, 0.25) is 0 Å². The van der Waals surface area contributed by atoms with E-state index in [1.165, 1.54) is 0 Å². The van der Waals surface area contributed by atoms with E-state index in [1.807, 2.05) is 44.6 Å². The summed E-state index contributed by atoms with van der Waals surface area (Å²) in [6.45, 7) is 6.23. The molecular weight excluding hydrogens is 254 g/mol. The van der Waals surface area contributed by atoms with Crippen LogP contribution in [0.5, 0.6) is 0 Å². The summed E-state index contributed by atoms with van der Waals surface area (Å²) in [5, 5.41) is 4.39. The van der Waals surface area contributed by atoms with Gasteiger partial charge in [0.15, 0.2) is 0 Å². The van der Waals surface area contributed by atoms with E-state index in [9.17, 15) is 4.79 Å². The topological polar surface area (TPSA) is 46.8 Å². The molecular formula is C15H21N3O2. The first-order valence-electron chi connectivity index (χ1n) is 6.78. The molecule has 5 nitrogen and oxygen atoms in total. The van der Waals surface area contributed by atoms with Crippen molar-refractivity contribution in [1.82, 2.24) is 14.5 Å². The van der Waals surface area contributed by atoms with Crippen molar-refractivity contribution in [2.24, 2.45) is 0 Å². The van der Waals surface area contributed by atoms with Crippen LogP contribution in [0.2, 0.25) is 0 Å². The second-order valence-electron chi connectivity index (χ2n) is 5.07. The summed E-state index contributed by atoms with van der Waals surface area (Å²) in [6, 6.07) is 3.89. The monoisotopic (exact) mass is 275 g/mol. The van der Waals surface area contributed by atoms with E-state index in [-0.39, 0.29) is 12.0 Å². The molecule has 0 spiro atoms. The van der Waals surface area contributed by atoms with Crippen LogP contribution in [0.25, 0.3) is 5.52 Å². The molecule has 2 rings (SSSR count). The minimum Gasteiger partial charge on any atom is -0.462 e. The first kappa shape index (κ1) is 14.5. The van der Waals surface area contributed by atoms with Crippen LogP contribution in [0.1, 0.15) is 41.5 Å². The van der Waals surface area contributed by atoms with E-state index in [0.29, 0.717) is 12.2 Å². The van der Waals surface area contributed by atoms with Crippen LogP contribution in [-0.2, 0) is 4.74 Å². The average molecular weight is 275 g/mol. The largest absolute Gasteiger partial charge is 0.462 e. The number of nitrogens with zero attached hydrogens (tertiary/aromatic N) is 3. The number of hydrogen-bond donors (Lipinski definition) is 0. The SMILES string of the molecule is CCOC(=O)c1c(C)c(C(C)N(C)C)n2ncccc12. The maximum atomic E-state index is 12.2. The Balaban J connectivity index is 2.70. The first-order chi connectivity index (χ1) is 9.49. The third-order valence-electron chi connectivity index (χ3n) is 3.64. The van der Waals surface area contributed by atoms with Crippen molar-refractivity contribution in [2.45, 2.75) is 26.8 Å². The molecule has 0 fully saturated rings. The number of rotatable bonds is 4. The van der Waals surface area contributed by atoms with Crippen molar-refractivity contribution in [2.75, 3.05) is 20.7 Å². The van der Waals surface area contributed by atoms with Crippen molar-refractivity contribution in [3.8, 4) is 0 Å². The number of ether oxygens (including phenoxy) is 1. The summed E-state index contributed by atoms with van der Waals surface area (Å²) in [7, 11) is 4.02. The van der Waals surface area contributed by atoms with Crippen LogP contribution in [0.3, 0.4) is 0 Å². The number of carbonyl (C=O) groups excluding carboxylic acids is 1. The van der Waals surface area contributed by atoms with E-state index in [4.69, 9.17) is 4.74 Å². The quantitative estimate of drug-likeness (QED) is 0.804. The molecule has 0 N–H and O–H groups in total. The van der Waals surface area contributed by atoms with Crippen molar-refractivity contribution >= 4 is 11.5 Å². The van der Waals surface area contributed by atoms with E-state index in [2.05, 4.69) is 16.9 Å². The van der Waals surface area contributed by atoms with Crippen molar-refractivity contribution < 1.29 is 9.53 Å². The predicted molar refractivity (Wildman–Crippen MR) is 78.0 cm³/mol. The Morgan fingerprint density at radius 1 is 1.50 bits per heavy atom. The standard InChI is InChI=1S/C15H21N3O2/c1-6-20-15(19)13-10(2)14(11(3)17(4)5)18-12(13)8-7-9-16-18/h7-9,11H,6H2,1-5H3. The van der Waals surface area contributed by atoms with Gasteiger partial charge in [-0.1, -0.05) is 0 Å². The van der Waals surface area contributed by atoms with Gasteiger partial charge in [-0.3, -0.25) is 0 Å². The minimum atomic E-state index is -0.285. The van der Waals surface area contributed by atoms with Crippen LogP contribution in [0, 0.1) is 6.92 Å². The van der Waals surface area contributed by atoms with Crippen molar-refractivity contribution in [1.29, 1.82) is 0 Å². The predicted octanol–water partition coefficient (Wildman–Crippen LogP) is 2.44. The lowest BCUT2D eigenvalue weighted by Gasteiger charge is -2.20. The summed E-state index contributed by atoms with van der Waals surface area (Å²) in [4.78, 5) is 14.3. The fourth-order valence-corrected chi connectivity index (χ4v) is 2.43.